The SMILES string of the molecule is C.C.C.C.C.C.C.C.C.C.C.C.C.C=CC(C)C=C.CC.CC.CC.CC.CC.CC.CC.CC.CO.CO.CO[PH](=O)[O-].CO[PH](C)=O.C[PH](C)=O.C[PH](C)=S.[Y].[Y].[Y].[Y]. The first-order chi connectivity index (χ1) is 20.8. The van der Waals surface area contributed by atoms with Gasteiger partial charge in [0.15, 0.2) is 8.03 Å². The average molecular weight is 1310 g/mol. The number of hydrogen-bond donors (Lipinski definition) is 2. The number of allylic oxidation sites excluding steroid dienone is 2. The van der Waals surface area contributed by atoms with Gasteiger partial charge < -0.3 is 33.3 Å². The van der Waals surface area contributed by atoms with Gasteiger partial charge in [-0.05, 0) is 32.6 Å². The standard InChI is InChI=1S/C6H10.C2H7O2P.C2H7OP.C2H7PS.8C2H6.CH5O3P.2CH4O.13CH4.4Y/c1-4-6(3)5-2;1-4-5(2)3;1-4(2)3;1-3(2)4;8*1-2;1-4-5(2)3;2*1-2;;;;;;;;;;;;;;;;;/h4-6H,1-2H2,3H3;5H,1-2H3;4H,1-2H3;3H,1-2H3;8*1-2H3;5H,1H3,(H,2,3);2*2H,1H3;13*1H4;;;;/p-1. The Morgan fingerprint density at radius 3 is 0.525 bits per heavy atom. The van der Waals surface area contributed by atoms with E-state index < -0.39 is 24.1 Å². The van der Waals surface area contributed by atoms with Crippen LogP contribution in [0, 0.1) is 5.92 Å². The second-order valence-electron chi connectivity index (χ2n) is 4.30. The predicted octanol–water partition coefficient (Wildman–Crippen LogP) is 19.5. The molecule has 0 aromatic rings. The van der Waals surface area contributed by atoms with Crippen molar-refractivity contribution in [1.82, 2.24) is 0 Å². The van der Waals surface area contributed by atoms with Gasteiger partial charge in [-0.1, -0.05) is 233 Å². The van der Waals surface area contributed by atoms with E-state index in [-0.39, 0.29) is 234 Å². The van der Waals surface area contributed by atoms with Crippen molar-refractivity contribution in [2.24, 2.45) is 5.92 Å². The minimum atomic E-state index is -2.87. The zero-order valence-corrected chi connectivity index (χ0v) is 53.4. The Hall–Kier alpha value is 5.04. The summed E-state index contributed by atoms with van der Waals surface area (Å²) in [6, 6.07) is 0. The van der Waals surface area contributed by atoms with Gasteiger partial charge in [0.25, 0.3) is 0 Å². The van der Waals surface area contributed by atoms with Gasteiger partial charge in [0.05, 0.1) is 7.80 Å². The van der Waals surface area contributed by atoms with Crippen LogP contribution in [0.15, 0.2) is 25.3 Å². The maximum atomic E-state index is 9.78. The normalized spacial score (nSPS) is 5.38. The predicted molar refractivity (Wildman–Crippen MR) is 310 cm³/mol. The van der Waals surface area contributed by atoms with Crippen molar-refractivity contribution in [2.75, 3.05) is 61.8 Å². The first kappa shape index (κ1) is 241. The third-order valence-corrected chi connectivity index (χ3v) is 2.11. The van der Waals surface area contributed by atoms with E-state index in [1.54, 1.807) is 20.0 Å². The Morgan fingerprint density at radius 1 is 0.459 bits per heavy atom. The molecule has 0 aliphatic heterocycles. The summed E-state index contributed by atoms with van der Waals surface area (Å²) in [7, 11) is -1.08. The number of aliphatic hydroxyl groups excluding tert-OH is 2. The van der Waals surface area contributed by atoms with Gasteiger partial charge in [0.1, 0.15) is 8.25 Å². The number of aliphatic hydroxyl groups is 2. The molecule has 0 rings (SSSR count). The van der Waals surface area contributed by atoms with E-state index in [9.17, 15) is 18.6 Å². The number of hydrogen-bond acceptors (Lipinski definition) is 9. The van der Waals surface area contributed by atoms with Gasteiger partial charge in [-0.25, -0.2) is 0 Å². The fourth-order valence-corrected chi connectivity index (χ4v) is 0.0962. The largest absolute Gasteiger partial charge is 0.781 e. The summed E-state index contributed by atoms with van der Waals surface area (Å²) in [5.74, 6) is 0.463. The van der Waals surface area contributed by atoms with Crippen LogP contribution in [0.3, 0.4) is 0 Å². The maximum absolute atomic E-state index is 9.78. The molecule has 0 amide bonds. The molecule has 0 bridgehead atoms. The van der Waals surface area contributed by atoms with Crippen LogP contribution in [0.2, 0.25) is 0 Å². The quantitative estimate of drug-likeness (QED) is 0.208. The molecule has 0 heterocycles. The van der Waals surface area contributed by atoms with Crippen LogP contribution in [0.4, 0.5) is 0 Å². The van der Waals surface area contributed by atoms with Gasteiger partial charge in [0, 0.05) is 166 Å². The van der Waals surface area contributed by atoms with Crippen molar-refractivity contribution < 1.29 is 169 Å². The Morgan fingerprint density at radius 2 is 0.525 bits per heavy atom. The van der Waals surface area contributed by atoms with Gasteiger partial charge >= 0.3 is 0 Å². The monoisotopic (exact) mass is 1310 g/mol. The fraction of sp³-hybridized carbons (Fsp3) is 0.909. The summed E-state index contributed by atoms with van der Waals surface area (Å²) in [5, 5.41) is 14.0. The Bertz CT molecular complexity index is 379. The zero-order chi connectivity index (χ0) is 40.7. The summed E-state index contributed by atoms with van der Waals surface area (Å²) in [4.78, 5) is 9.22. The second kappa shape index (κ2) is 462. The van der Waals surface area contributed by atoms with Crippen LogP contribution in [0.25, 0.3) is 0 Å². The van der Waals surface area contributed by atoms with Crippen LogP contribution in [0.5, 0.6) is 0 Å². The van der Waals surface area contributed by atoms with Crippen molar-refractivity contribution in [2.45, 2.75) is 214 Å². The second-order valence-corrected chi connectivity index (χ2v) is 12.7. The molecule has 0 saturated heterocycles. The molecule has 406 valence electrons. The average Bonchev–Trinajstić information content (AvgIpc) is 3.09. The van der Waals surface area contributed by atoms with Crippen LogP contribution < -0.4 is 4.89 Å². The third kappa shape index (κ3) is 1520. The van der Waals surface area contributed by atoms with Gasteiger partial charge in [-0.3, -0.25) is 4.57 Å². The van der Waals surface area contributed by atoms with E-state index in [0.29, 0.717) is 5.92 Å². The summed E-state index contributed by atoms with van der Waals surface area (Å²) in [6.07, 6.45) is 3.71. The van der Waals surface area contributed by atoms with Gasteiger partial charge in [-0.15, -0.1) is 25.0 Å². The van der Waals surface area contributed by atoms with Gasteiger partial charge in [0.2, 0.25) is 0 Å². The molecule has 0 spiro atoms. The molecule has 2 N–H and O–H groups in total. The van der Waals surface area contributed by atoms with Crippen molar-refractivity contribution in [3.05, 3.63) is 25.3 Å². The molecule has 2 unspecified atom stereocenters. The van der Waals surface area contributed by atoms with Crippen LogP contribution >= 0.6 is 30.8 Å². The molecule has 0 aromatic heterocycles. The third-order valence-electron chi connectivity index (χ3n) is 1.20. The van der Waals surface area contributed by atoms with E-state index in [1.807, 2.05) is 130 Å². The maximum Gasteiger partial charge on any atom is 0.188 e. The molecular weight excluding hydrogens is 1170 g/mol. The molecule has 61 heavy (non-hydrogen) atoms. The fourth-order valence-electron chi connectivity index (χ4n) is 0.0962. The van der Waals surface area contributed by atoms with Crippen molar-refractivity contribution in [3.8, 4) is 0 Å². The molecule has 0 aliphatic carbocycles. The minimum Gasteiger partial charge on any atom is -0.781 e. The Kier molecular flexibility index (Phi) is 1820. The summed E-state index contributed by atoms with van der Waals surface area (Å²) in [5.41, 5.74) is 0. The summed E-state index contributed by atoms with van der Waals surface area (Å²) in [6.45, 7) is 50.0. The molecule has 0 fully saturated rings. The van der Waals surface area contributed by atoms with E-state index in [4.69, 9.17) is 22.0 Å². The Labute approximate surface area is 511 Å². The molecule has 17 heteroatoms. The van der Waals surface area contributed by atoms with Crippen molar-refractivity contribution in [3.63, 3.8) is 0 Å². The molecule has 4 radical (unpaired) electrons. The van der Waals surface area contributed by atoms with E-state index >= 15 is 0 Å². The smallest absolute Gasteiger partial charge is 0.188 e. The molecule has 0 aromatic carbocycles. The Balaban J connectivity index is -0.00000000492. The van der Waals surface area contributed by atoms with E-state index in [0.717, 1.165) is 21.3 Å². The molecule has 2 atom stereocenters. The topological polar surface area (TPSA) is 133 Å². The van der Waals surface area contributed by atoms with Crippen molar-refractivity contribution >= 4 is 42.6 Å². The minimum absolute atomic E-state index is 0. The summed E-state index contributed by atoms with van der Waals surface area (Å²) < 4.78 is 36.7. The molecular formula is C44H143O8P4SY4-. The van der Waals surface area contributed by atoms with E-state index in [1.165, 1.54) is 7.11 Å². The molecule has 0 aliphatic rings. The molecule has 8 nitrogen and oxygen atoms in total. The van der Waals surface area contributed by atoms with Crippen molar-refractivity contribution in [1.29, 1.82) is 0 Å². The van der Waals surface area contributed by atoms with Crippen LogP contribution in [-0.2, 0) is 165 Å². The first-order valence-corrected chi connectivity index (χ1v) is 24.8. The van der Waals surface area contributed by atoms with E-state index in [2.05, 4.69) is 35.5 Å². The molecule has 0 saturated carbocycles. The van der Waals surface area contributed by atoms with Crippen LogP contribution in [-0.4, -0.2) is 72.0 Å². The van der Waals surface area contributed by atoms with Gasteiger partial charge in [-0.2, -0.15) is 0 Å². The number of rotatable bonds is 4. The van der Waals surface area contributed by atoms with Crippen LogP contribution in [0.1, 0.15) is 214 Å². The summed E-state index contributed by atoms with van der Waals surface area (Å²) >= 11 is 4.72. The first-order valence-electron chi connectivity index (χ1n) is 15.7. The zero-order valence-electron chi connectivity index (χ0n) is 37.2.